The Kier molecular flexibility index (Phi) is 4.92. The van der Waals surface area contributed by atoms with Crippen LogP contribution in [0.4, 0.5) is 5.69 Å². The Morgan fingerprint density at radius 3 is 2.77 bits per heavy atom. The number of nitriles is 1. The molecule has 112 valence electrons. The summed E-state index contributed by atoms with van der Waals surface area (Å²) < 4.78 is 5.16. The number of aryl methyl sites for hydroxylation is 1. The van der Waals surface area contributed by atoms with E-state index in [0.29, 0.717) is 16.1 Å². The normalized spacial score (nSPS) is 11.3. The number of anilines is 1. The van der Waals surface area contributed by atoms with Crippen LogP contribution in [0.3, 0.4) is 0 Å². The number of carbonyl (C=O) groups is 2. The number of benzene rings is 1. The summed E-state index contributed by atoms with van der Waals surface area (Å²) >= 11 is 1.28. The summed E-state index contributed by atoms with van der Waals surface area (Å²) in [5.74, 6) is -0.960. The average molecular weight is 314 g/mol. The molecular weight excluding hydrogens is 300 g/mol. The third-order valence-corrected chi connectivity index (χ3v) is 3.96. The van der Waals surface area contributed by atoms with E-state index in [0.717, 1.165) is 5.56 Å². The summed E-state index contributed by atoms with van der Waals surface area (Å²) in [4.78, 5) is 24.5. The first-order valence-corrected chi connectivity index (χ1v) is 7.45. The molecule has 0 radical (unpaired) electrons. The third-order valence-electron chi connectivity index (χ3n) is 2.96. The van der Waals surface area contributed by atoms with E-state index in [1.54, 1.807) is 29.6 Å². The van der Waals surface area contributed by atoms with Gasteiger partial charge in [0, 0.05) is 5.69 Å². The molecule has 6 heteroatoms. The SMILES string of the molecule is Cc1ccsc1C(=O)O[C@H](C)C(=O)Nc1cccc(C#N)c1. The molecule has 1 atom stereocenters. The van der Waals surface area contributed by atoms with Crippen molar-refractivity contribution in [2.24, 2.45) is 0 Å². The molecule has 0 saturated carbocycles. The van der Waals surface area contributed by atoms with Gasteiger partial charge in [-0.1, -0.05) is 6.07 Å². The molecule has 22 heavy (non-hydrogen) atoms. The van der Waals surface area contributed by atoms with E-state index in [9.17, 15) is 9.59 Å². The van der Waals surface area contributed by atoms with Crippen LogP contribution < -0.4 is 5.32 Å². The van der Waals surface area contributed by atoms with E-state index in [4.69, 9.17) is 10.00 Å². The molecular formula is C16H14N2O3S. The van der Waals surface area contributed by atoms with Crippen LogP contribution >= 0.6 is 11.3 Å². The lowest BCUT2D eigenvalue weighted by molar-refractivity contribution is -0.123. The number of thiophene rings is 1. The molecule has 2 rings (SSSR count). The summed E-state index contributed by atoms with van der Waals surface area (Å²) in [6.07, 6.45) is -0.931. The van der Waals surface area contributed by atoms with Gasteiger partial charge in [-0.15, -0.1) is 11.3 Å². The lowest BCUT2D eigenvalue weighted by Gasteiger charge is -2.13. The van der Waals surface area contributed by atoms with Gasteiger partial charge in [0.2, 0.25) is 0 Å². The predicted molar refractivity (Wildman–Crippen MR) is 83.7 cm³/mol. The lowest BCUT2D eigenvalue weighted by atomic mass is 10.2. The summed E-state index contributed by atoms with van der Waals surface area (Å²) in [7, 11) is 0. The number of amides is 1. The Labute approximate surface area is 132 Å². The van der Waals surface area contributed by atoms with E-state index in [-0.39, 0.29) is 0 Å². The Hall–Kier alpha value is -2.65. The highest BCUT2D eigenvalue weighted by Crippen LogP contribution is 2.18. The smallest absolute Gasteiger partial charge is 0.349 e. The van der Waals surface area contributed by atoms with E-state index in [1.807, 2.05) is 19.1 Å². The Balaban J connectivity index is 1.99. The molecule has 0 bridgehead atoms. The molecule has 1 aromatic carbocycles. The van der Waals surface area contributed by atoms with Crippen LogP contribution in [-0.2, 0) is 9.53 Å². The van der Waals surface area contributed by atoms with Gasteiger partial charge in [0.05, 0.1) is 11.6 Å². The predicted octanol–water partition coefficient (Wildman–Crippen LogP) is 3.11. The molecule has 0 aliphatic rings. The molecule has 1 heterocycles. The van der Waals surface area contributed by atoms with Gasteiger partial charge in [-0.05, 0) is 49.1 Å². The van der Waals surface area contributed by atoms with Crippen molar-refractivity contribution in [1.82, 2.24) is 0 Å². The van der Waals surface area contributed by atoms with Gasteiger partial charge in [0.25, 0.3) is 5.91 Å². The minimum absolute atomic E-state index is 0.441. The van der Waals surface area contributed by atoms with E-state index in [2.05, 4.69) is 5.32 Å². The minimum Gasteiger partial charge on any atom is -0.448 e. The molecule has 2 aromatic rings. The number of rotatable bonds is 4. The first-order chi connectivity index (χ1) is 10.5. The van der Waals surface area contributed by atoms with Crippen molar-refractivity contribution in [2.75, 3.05) is 5.32 Å². The van der Waals surface area contributed by atoms with Gasteiger partial charge < -0.3 is 10.1 Å². The third kappa shape index (κ3) is 3.71. The molecule has 5 nitrogen and oxygen atoms in total. The maximum atomic E-state index is 12.0. The molecule has 1 aromatic heterocycles. The number of ether oxygens (including phenoxy) is 1. The second kappa shape index (κ2) is 6.87. The van der Waals surface area contributed by atoms with Crippen LogP contribution in [0.1, 0.15) is 27.7 Å². The fourth-order valence-electron chi connectivity index (χ4n) is 1.76. The number of carbonyl (C=O) groups excluding carboxylic acids is 2. The minimum atomic E-state index is -0.931. The van der Waals surface area contributed by atoms with Gasteiger partial charge >= 0.3 is 5.97 Å². The second-order valence-corrected chi connectivity index (χ2v) is 5.58. The maximum Gasteiger partial charge on any atom is 0.349 e. The zero-order valence-corrected chi connectivity index (χ0v) is 12.9. The number of hydrogen-bond acceptors (Lipinski definition) is 5. The lowest BCUT2D eigenvalue weighted by Crippen LogP contribution is -2.29. The van der Waals surface area contributed by atoms with Crippen molar-refractivity contribution in [3.05, 3.63) is 51.7 Å². The fraction of sp³-hybridized carbons (Fsp3) is 0.188. The standard InChI is InChI=1S/C16H14N2O3S/c1-10-6-7-22-14(10)16(20)21-11(2)15(19)18-13-5-3-4-12(8-13)9-17/h3-8,11H,1-2H3,(H,18,19)/t11-/m1/s1. The van der Waals surface area contributed by atoms with E-state index in [1.165, 1.54) is 18.3 Å². The Morgan fingerprint density at radius 1 is 1.36 bits per heavy atom. The quantitative estimate of drug-likeness (QED) is 0.879. The first kappa shape index (κ1) is 15.7. The molecule has 0 aliphatic carbocycles. The summed E-state index contributed by atoms with van der Waals surface area (Å²) in [6.45, 7) is 3.32. The molecule has 0 aliphatic heterocycles. The molecule has 0 saturated heterocycles. The average Bonchev–Trinajstić information content (AvgIpc) is 2.93. The van der Waals surface area contributed by atoms with Crippen LogP contribution in [0.25, 0.3) is 0 Å². The highest BCUT2D eigenvalue weighted by Gasteiger charge is 2.20. The van der Waals surface area contributed by atoms with Gasteiger partial charge in [0.15, 0.2) is 6.10 Å². The molecule has 1 amide bonds. The van der Waals surface area contributed by atoms with Crippen LogP contribution in [-0.4, -0.2) is 18.0 Å². The van der Waals surface area contributed by atoms with Crippen LogP contribution in [0, 0.1) is 18.3 Å². The largest absolute Gasteiger partial charge is 0.448 e. The van der Waals surface area contributed by atoms with Gasteiger partial charge in [-0.25, -0.2) is 4.79 Å². The van der Waals surface area contributed by atoms with Crippen LogP contribution in [0.2, 0.25) is 0 Å². The van der Waals surface area contributed by atoms with Crippen molar-refractivity contribution >= 4 is 28.9 Å². The van der Waals surface area contributed by atoms with Crippen molar-refractivity contribution < 1.29 is 14.3 Å². The second-order valence-electron chi connectivity index (χ2n) is 4.66. The first-order valence-electron chi connectivity index (χ1n) is 6.57. The van der Waals surface area contributed by atoms with Crippen LogP contribution in [0.15, 0.2) is 35.7 Å². The van der Waals surface area contributed by atoms with Gasteiger partial charge in [0.1, 0.15) is 4.88 Å². The monoisotopic (exact) mass is 314 g/mol. The highest BCUT2D eigenvalue weighted by atomic mass is 32.1. The van der Waals surface area contributed by atoms with Crippen molar-refractivity contribution in [2.45, 2.75) is 20.0 Å². The number of esters is 1. The number of hydrogen-bond donors (Lipinski definition) is 1. The number of nitrogens with one attached hydrogen (secondary N) is 1. The van der Waals surface area contributed by atoms with Gasteiger partial charge in [-0.2, -0.15) is 5.26 Å². The Morgan fingerprint density at radius 2 is 2.14 bits per heavy atom. The molecule has 0 fully saturated rings. The summed E-state index contributed by atoms with van der Waals surface area (Å²) in [6, 6.07) is 10.3. The van der Waals surface area contributed by atoms with E-state index < -0.39 is 18.0 Å². The highest BCUT2D eigenvalue weighted by molar-refractivity contribution is 7.12. The molecule has 0 unspecified atom stereocenters. The summed E-state index contributed by atoms with van der Waals surface area (Å²) in [5, 5.41) is 13.2. The topological polar surface area (TPSA) is 79.2 Å². The maximum absolute atomic E-state index is 12.0. The summed E-state index contributed by atoms with van der Waals surface area (Å²) in [5.41, 5.74) is 1.75. The van der Waals surface area contributed by atoms with Crippen LogP contribution in [0.5, 0.6) is 0 Å². The van der Waals surface area contributed by atoms with Crippen molar-refractivity contribution in [3.63, 3.8) is 0 Å². The van der Waals surface area contributed by atoms with Crippen molar-refractivity contribution in [1.29, 1.82) is 5.26 Å². The Bertz CT molecular complexity index is 746. The zero-order valence-electron chi connectivity index (χ0n) is 12.1. The fourth-order valence-corrected chi connectivity index (χ4v) is 2.57. The molecule has 1 N–H and O–H groups in total. The van der Waals surface area contributed by atoms with Crippen molar-refractivity contribution in [3.8, 4) is 6.07 Å². The molecule has 0 spiro atoms. The van der Waals surface area contributed by atoms with E-state index >= 15 is 0 Å². The van der Waals surface area contributed by atoms with Gasteiger partial charge in [-0.3, -0.25) is 4.79 Å². The zero-order chi connectivity index (χ0) is 16.1. The number of nitrogens with zero attached hydrogens (tertiary/aromatic N) is 1.